The smallest absolute Gasteiger partial charge is 0.236 e. The third-order valence-corrected chi connectivity index (χ3v) is 3.45. The molecule has 0 saturated heterocycles. The fourth-order valence-corrected chi connectivity index (χ4v) is 2.28. The summed E-state index contributed by atoms with van der Waals surface area (Å²) < 4.78 is 13.5. The molecule has 1 amide bonds. The number of hydrogen-bond donors (Lipinski definition) is 1. The van der Waals surface area contributed by atoms with E-state index >= 15 is 0 Å². The maximum Gasteiger partial charge on any atom is 0.236 e. The number of thiocarbonyl (C=S) groups is 1. The molecule has 0 bridgehead atoms. The summed E-state index contributed by atoms with van der Waals surface area (Å²) >= 11 is 4.87. The zero-order valence-electron chi connectivity index (χ0n) is 12.7. The molecule has 6 heteroatoms. The number of hydrogen-bond acceptors (Lipinski definition) is 3. The zero-order valence-corrected chi connectivity index (χ0v) is 13.5. The first-order chi connectivity index (χ1) is 9.87. The fraction of sp³-hybridized carbons (Fsp3) is 0.467. The van der Waals surface area contributed by atoms with Gasteiger partial charge >= 0.3 is 0 Å². The number of nitrogens with zero attached hydrogens (tertiary/aromatic N) is 2. The highest BCUT2D eigenvalue weighted by molar-refractivity contribution is 7.80. The number of carbonyl (C=O) groups is 1. The van der Waals surface area contributed by atoms with Gasteiger partial charge in [0, 0.05) is 25.2 Å². The minimum atomic E-state index is -0.376. The molecule has 1 aromatic carbocycles. The minimum Gasteiger partial charge on any atom is -0.389 e. The predicted molar refractivity (Wildman–Crippen MR) is 86.5 cm³/mol. The molecule has 116 valence electrons. The number of carbonyl (C=O) groups excluding carboxylic acids is 1. The molecular formula is C15H22FN3OS. The van der Waals surface area contributed by atoms with Gasteiger partial charge < -0.3 is 10.6 Å². The third kappa shape index (κ3) is 5.40. The van der Waals surface area contributed by atoms with E-state index in [4.69, 9.17) is 18.0 Å². The van der Waals surface area contributed by atoms with Gasteiger partial charge in [-0.25, -0.2) is 4.39 Å². The van der Waals surface area contributed by atoms with Crippen molar-refractivity contribution in [3.63, 3.8) is 0 Å². The van der Waals surface area contributed by atoms with Gasteiger partial charge in [0.2, 0.25) is 5.91 Å². The summed E-state index contributed by atoms with van der Waals surface area (Å²) in [5.41, 5.74) is 6.78. The lowest BCUT2D eigenvalue weighted by Crippen LogP contribution is -2.38. The second kappa shape index (κ2) is 8.05. The van der Waals surface area contributed by atoms with Crippen molar-refractivity contribution < 1.29 is 9.18 Å². The maximum absolute atomic E-state index is 13.5. The van der Waals surface area contributed by atoms with Crippen LogP contribution in [0.4, 0.5) is 4.39 Å². The number of halogens is 1. The normalized spacial score (nSPS) is 10.7. The largest absolute Gasteiger partial charge is 0.389 e. The summed E-state index contributed by atoms with van der Waals surface area (Å²) in [5.74, 6) is -0.313. The molecule has 0 heterocycles. The highest BCUT2D eigenvalue weighted by Gasteiger charge is 2.13. The van der Waals surface area contributed by atoms with E-state index in [1.165, 1.54) is 12.1 Å². The van der Waals surface area contributed by atoms with Gasteiger partial charge in [-0.15, -0.1) is 0 Å². The Labute approximate surface area is 130 Å². The average Bonchev–Trinajstić information content (AvgIpc) is 2.38. The van der Waals surface area contributed by atoms with Crippen molar-refractivity contribution in [2.75, 3.05) is 26.7 Å². The lowest BCUT2D eigenvalue weighted by molar-refractivity contribution is -0.131. The van der Waals surface area contributed by atoms with Gasteiger partial charge in [0.05, 0.1) is 6.54 Å². The SMILES string of the molecule is CCN(CC)C(=O)CN(C)Cc1cc(F)cc(C(N)=S)c1. The zero-order chi connectivity index (χ0) is 16.0. The van der Waals surface area contributed by atoms with E-state index in [0.29, 0.717) is 31.7 Å². The van der Waals surface area contributed by atoms with Crippen LogP contribution in [0.25, 0.3) is 0 Å². The summed E-state index contributed by atoms with van der Waals surface area (Å²) in [4.78, 5) is 15.8. The van der Waals surface area contributed by atoms with Crippen LogP contribution < -0.4 is 5.73 Å². The van der Waals surface area contributed by atoms with Crippen LogP contribution in [0.15, 0.2) is 18.2 Å². The van der Waals surface area contributed by atoms with Gasteiger partial charge in [0.15, 0.2) is 0 Å². The molecular weight excluding hydrogens is 289 g/mol. The first-order valence-corrected chi connectivity index (χ1v) is 7.33. The number of benzene rings is 1. The van der Waals surface area contributed by atoms with Crippen LogP contribution in [0, 0.1) is 5.82 Å². The molecule has 0 aliphatic rings. The Morgan fingerprint density at radius 2 is 1.90 bits per heavy atom. The predicted octanol–water partition coefficient (Wildman–Crippen LogP) is 1.76. The highest BCUT2D eigenvalue weighted by Crippen LogP contribution is 2.11. The van der Waals surface area contributed by atoms with Gasteiger partial charge in [0.1, 0.15) is 10.8 Å². The molecule has 0 saturated carbocycles. The first-order valence-electron chi connectivity index (χ1n) is 6.93. The van der Waals surface area contributed by atoms with Gasteiger partial charge in [0.25, 0.3) is 0 Å². The second-order valence-electron chi connectivity index (χ2n) is 4.95. The van der Waals surface area contributed by atoms with Gasteiger partial charge in [-0.1, -0.05) is 12.2 Å². The fourth-order valence-electron chi connectivity index (χ4n) is 2.16. The van der Waals surface area contributed by atoms with Crippen molar-refractivity contribution in [1.82, 2.24) is 9.80 Å². The first kappa shape index (κ1) is 17.5. The van der Waals surface area contributed by atoms with Crippen LogP contribution >= 0.6 is 12.2 Å². The summed E-state index contributed by atoms with van der Waals surface area (Å²) in [6.45, 7) is 6.02. The summed E-state index contributed by atoms with van der Waals surface area (Å²) in [6.07, 6.45) is 0. The van der Waals surface area contributed by atoms with Crippen molar-refractivity contribution in [2.24, 2.45) is 5.73 Å². The van der Waals surface area contributed by atoms with E-state index in [2.05, 4.69) is 0 Å². The molecule has 4 nitrogen and oxygen atoms in total. The molecule has 21 heavy (non-hydrogen) atoms. The lowest BCUT2D eigenvalue weighted by Gasteiger charge is -2.23. The Hall–Kier alpha value is -1.53. The van der Waals surface area contributed by atoms with Crippen molar-refractivity contribution >= 4 is 23.1 Å². The van der Waals surface area contributed by atoms with E-state index in [0.717, 1.165) is 5.56 Å². The summed E-state index contributed by atoms with van der Waals surface area (Å²) in [5, 5.41) is 0. The van der Waals surface area contributed by atoms with Crippen molar-refractivity contribution in [1.29, 1.82) is 0 Å². The topological polar surface area (TPSA) is 49.6 Å². The number of amides is 1. The van der Waals surface area contributed by atoms with Crippen LogP contribution in [0.2, 0.25) is 0 Å². The molecule has 0 fully saturated rings. The van der Waals surface area contributed by atoms with Crippen LogP contribution in [0.3, 0.4) is 0 Å². The van der Waals surface area contributed by atoms with Crippen LogP contribution in [-0.2, 0) is 11.3 Å². The Morgan fingerprint density at radius 1 is 1.29 bits per heavy atom. The average molecular weight is 311 g/mol. The molecule has 0 atom stereocenters. The lowest BCUT2D eigenvalue weighted by atomic mass is 10.1. The van der Waals surface area contributed by atoms with E-state index in [9.17, 15) is 9.18 Å². The standard InChI is InChI=1S/C15H22FN3OS/c1-4-19(5-2)14(20)10-18(3)9-11-6-12(15(17)21)8-13(16)7-11/h6-8H,4-5,9-10H2,1-3H3,(H2,17,21). The molecule has 1 rings (SSSR count). The van der Waals surface area contributed by atoms with Gasteiger partial charge in [-0.05, 0) is 44.7 Å². The molecule has 0 aliphatic heterocycles. The molecule has 1 aromatic rings. The minimum absolute atomic E-state index is 0.0634. The summed E-state index contributed by atoms with van der Waals surface area (Å²) in [7, 11) is 1.83. The van der Waals surface area contributed by atoms with Gasteiger partial charge in [-0.2, -0.15) is 0 Å². The third-order valence-electron chi connectivity index (χ3n) is 3.22. The van der Waals surface area contributed by atoms with Crippen molar-refractivity contribution in [3.8, 4) is 0 Å². The van der Waals surface area contributed by atoms with Gasteiger partial charge in [-0.3, -0.25) is 9.69 Å². The molecule has 0 aromatic heterocycles. The monoisotopic (exact) mass is 311 g/mol. The van der Waals surface area contributed by atoms with Crippen LogP contribution in [0.1, 0.15) is 25.0 Å². The molecule has 0 radical (unpaired) electrons. The van der Waals surface area contributed by atoms with E-state index in [-0.39, 0.29) is 16.7 Å². The maximum atomic E-state index is 13.5. The highest BCUT2D eigenvalue weighted by atomic mass is 32.1. The van der Waals surface area contributed by atoms with E-state index < -0.39 is 0 Å². The van der Waals surface area contributed by atoms with Crippen LogP contribution in [-0.4, -0.2) is 47.4 Å². The Kier molecular flexibility index (Phi) is 6.71. The van der Waals surface area contributed by atoms with E-state index in [1.807, 2.05) is 25.8 Å². The number of nitrogens with two attached hydrogens (primary N) is 1. The van der Waals surface area contributed by atoms with E-state index in [1.54, 1.807) is 11.0 Å². The molecule has 0 aliphatic carbocycles. The Bertz CT molecular complexity index is 518. The van der Waals surface area contributed by atoms with Crippen molar-refractivity contribution in [2.45, 2.75) is 20.4 Å². The number of likely N-dealkylation sites (N-methyl/N-ethyl adjacent to an activating group) is 2. The van der Waals surface area contributed by atoms with Crippen molar-refractivity contribution in [3.05, 3.63) is 35.1 Å². The Balaban J connectivity index is 2.72. The Morgan fingerprint density at radius 3 is 2.43 bits per heavy atom. The molecule has 0 spiro atoms. The second-order valence-corrected chi connectivity index (χ2v) is 5.39. The summed E-state index contributed by atoms with van der Waals surface area (Å²) in [6, 6.07) is 4.50. The molecule has 2 N–H and O–H groups in total. The van der Waals surface area contributed by atoms with Crippen LogP contribution in [0.5, 0.6) is 0 Å². The number of rotatable bonds is 7. The molecule has 0 unspecified atom stereocenters. The quantitative estimate of drug-likeness (QED) is 0.780.